The summed E-state index contributed by atoms with van der Waals surface area (Å²) in [6.07, 6.45) is 7.80. The summed E-state index contributed by atoms with van der Waals surface area (Å²) in [4.78, 5) is 0. The molecule has 0 radical (unpaired) electrons. The lowest BCUT2D eigenvalue weighted by Gasteiger charge is -2.49. The van der Waals surface area contributed by atoms with Crippen LogP contribution in [0.3, 0.4) is 0 Å². The highest BCUT2D eigenvalue weighted by Crippen LogP contribution is 2.45. The van der Waals surface area contributed by atoms with Crippen LogP contribution in [0.25, 0.3) is 0 Å². The standard InChI is InChI=1S/C15H29NOS/c1-3-9-16-14(12-18-4-2)13-6-10-17-15(11-13)7-5-8-15/h13-14,16H,3-12H2,1-2H3. The molecule has 1 spiro atoms. The van der Waals surface area contributed by atoms with E-state index in [-0.39, 0.29) is 0 Å². The van der Waals surface area contributed by atoms with Crippen molar-refractivity contribution in [3.8, 4) is 0 Å². The first-order valence-electron chi connectivity index (χ1n) is 7.75. The van der Waals surface area contributed by atoms with Gasteiger partial charge in [-0.1, -0.05) is 13.8 Å². The highest BCUT2D eigenvalue weighted by Gasteiger charge is 2.44. The van der Waals surface area contributed by atoms with Crippen LogP contribution in [0.15, 0.2) is 0 Å². The first-order chi connectivity index (χ1) is 8.79. The zero-order valence-electron chi connectivity index (χ0n) is 12.0. The second kappa shape index (κ2) is 7.16. The van der Waals surface area contributed by atoms with E-state index in [1.165, 1.54) is 56.6 Å². The molecule has 106 valence electrons. The van der Waals surface area contributed by atoms with Crippen LogP contribution >= 0.6 is 11.8 Å². The third-order valence-electron chi connectivity index (χ3n) is 4.52. The number of nitrogens with one attached hydrogen (secondary N) is 1. The fourth-order valence-electron chi connectivity index (χ4n) is 3.26. The molecule has 0 amide bonds. The Labute approximate surface area is 117 Å². The number of hydrogen-bond donors (Lipinski definition) is 1. The molecule has 2 rings (SSSR count). The van der Waals surface area contributed by atoms with Crippen LogP contribution in [0.5, 0.6) is 0 Å². The van der Waals surface area contributed by atoms with E-state index in [9.17, 15) is 0 Å². The molecule has 1 heterocycles. The number of ether oxygens (including phenoxy) is 1. The maximum Gasteiger partial charge on any atom is 0.0685 e. The molecule has 0 bridgehead atoms. The molecular weight excluding hydrogens is 242 g/mol. The molecule has 2 aliphatic rings. The molecule has 2 atom stereocenters. The van der Waals surface area contributed by atoms with Gasteiger partial charge in [-0.25, -0.2) is 0 Å². The van der Waals surface area contributed by atoms with Gasteiger partial charge in [-0.2, -0.15) is 11.8 Å². The summed E-state index contributed by atoms with van der Waals surface area (Å²) in [5.74, 6) is 3.35. The maximum atomic E-state index is 6.06. The highest BCUT2D eigenvalue weighted by atomic mass is 32.2. The zero-order valence-corrected chi connectivity index (χ0v) is 12.9. The third-order valence-corrected chi connectivity index (χ3v) is 5.53. The number of thioether (sulfide) groups is 1. The molecule has 18 heavy (non-hydrogen) atoms. The summed E-state index contributed by atoms with van der Waals surface area (Å²) >= 11 is 2.08. The first-order valence-corrected chi connectivity index (χ1v) is 8.90. The van der Waals surface area contributed by atoms with E-state index in [1.54, 1.807) is 0 Å². The Morgan fingerprint density at radius 1 is 1.39 bits per heavy atom. The summed E-state index contributed by atoms with van der Waals surface area (Å²) in [6.45, 7) is 6.68. The van der Waals surface area contributed by atoms with E-state index in [2.05, 4.69) is 30.9 Å². The molecule has 0 aromatic carbocycles. The number of hydrogen-bond acceptors (Lipinski definition) is 3. The Balaban J connectivity index is 1.86. The fourth-order valence-corrected chi connectivity index (χ4v) is 4.14. The minimum absolute atomic E-state index is 0.298. The van der Waals surface area contributed by atoms with Gasteiger partial charge in [0.1, 0.15) is 0 Å². The Morgan fingerprint density at radius 2 is 2.22 bits per heavy atom. The van der Waals surface area contributed by atoms with Crippen LogP contribution in [0, 0.1) is 5.92 Å². The van der Waals surface area contributed by atoms with Gasteiger partial charge in [0, 0.05) is 18.4 Å². The SMILES string of the molecule is CCCNC(CSCC)C1CCOC2(CCC2)C1. The lowest BCUT2D eigenvalue weighted by Crippen LogP contribution is -2.51. The van der Waals surface area contributed by atoms with Crippen molar-refractivity contribution in [3.63, 3.8) is 0 Å². The largest absolute Gasteiger partial charge is 0.375 e. The van der Waals surface area contributed by atoms with E-state index in [4.69, 9.17) is 4.74 Å². The van der Waals surface area contributed by atoms with Crippen molar-refractivity contribution >= 4 is 11.8 Å². The molecule has 1 N–H and O–H groups in total. The quantitative estimate of drug-likeness (QED) is 0.766. The van der Waals surface area contributed by atoms with Crippen LogP contribution in [0.4, 0.5) is 0 Å². The lowest BCUT2D eigenvalue weighted by molar-refractivity contribution is -0.146. The molecule has 0 aromatic heterocycles. The predicted molar refractivity (Wildman–Crippen MR) is 80.3 cm³/mol. The first kappa shape index (κ1) is 14.7. The summed E-state index contributed by atoms with van der Waals surface area (Å²) in [7, 11) is 0. The van der Waals surface area contributed by atoms with Crippen LogP contribution in [0.2, 0.25) is 0 Å². The minimum atomic E-state index is 0.298. The van der Waals surface area contributed by atoms with Crippen molar-refractivity contribution in [3.05, 3.63) is 0 Å². The van der Waals surface area contributed by atoms with Crippen LogP contribution in [-0.4, -0.2) is 36.3 Å². The summed E-state index contributed by atoms with van der Waals surface area (Å²) in [5, 5.41) is 3.78. The molecule has 1 saturated heterocycles. The van der Waals surface area contributed by atoms with Crippen LogP contribution in [0.1, 0.15) is 52.4 Å². The Bertz CT molecular complexity index is 235. The van der Waals surface area contributed by atoms with E-state index in [0.717, 1.165) is 12.5 Å². The topological polar surface area (TPSA) is 21.3 Å². The molecular formula is C15H29NOS. The Morgan fingerprint density at radius 3 is 2.83 bits per heavy atom. The van der Waals surface area contributed by atoms with Gasteiger partial charge in [0.05, 0.1) is 5.60 Å². The van der Waals surface area contributed by atoms with Crippen LogP contribution < -0.4 is 5.32 Å². The number of rotatable bonds is 7. The van der Waals surface area contributed by atoms with E-state index in [1.807, 2.05) is 0 Å². The average molecular weight is 271 g/mol. The van der Waals surface area contributed by atoms with Crippen molar-refractivity contribution in [2.45, 2.75) is 64.0 Å². The molecule has 1 aliphatic carbocycles. The second-order valence-corrected chi connectivity index (χ2v) is 7.18. The summed E-state index contributed by atoms with van der Waals surface area (Å²) in [5.41, 5.74) is 0.298. The Kier molecular flexibility index (Phi) is 5.84. The van der Waals surface area contributed by atoms with Gasteiger partial charge in [-0.05, 0) is 56.7 Å². The van der Waals surface area contributed by atoms with E-state index < -0.39 is 0 Å². The van der Waals surface area contributed by atoms with Gasteiger partial charge in [-0.3, -0.25) is 0 Å². The third kappa shape index (κ3) is 3.64. The smallest absolute Gasteiger partial charge is 0.0685 e. The van der Waals surface area contributed by atoms with E-state index >= 15 is 0 Å². The van der Waals surface area contributed by atoms with Gasteiger partial charge < -0.3 is 10.1 Å². The minimum Gasteiger partial charge on any atom is -0.375 e. The average Bonchev–Trinajstić information content (AvgIpc) is 2.37. The predicted octanol–water partition coefficient (Wildman–Crippen LogP) is 3.46. The summed E-state index contributed by atoms with van der Waals surface area (Å²) < 4.78 is 6.06. The lowest BCUT2D eigenvalue weighted by atomic mass is 9.70. The van der Waals surface area contributed by atoms with Crippen LogP contribution in [-0.2, 0) is 4.74 Å². The second-order valence-electron chi connectivity index (χ2n) is 5.86. The van der Waals surface area contributed by atoms with Gasteiger partial charge in [0.2, 0.25) is 0 Å². The van der Waals surface area contributed by atoms with E-state index in [0.29, 0.717) is 11.6 Å². The van der Waals surface area contributed by atoms with Crippen molar-refractivity contribution in [2.24, 2.45) is 5.92 Å². The molecule has 1 saturated carbocycles. The monoisotopic (exact) mass is 271 g/mol. The van der Waals surface area contributed by atoms with Crippen molar-refractivity contribution in [1.29, 1.82) is 0 Å². The molecule has 2 unspecified atom stereocenters. The van der Waals surface area contributed by atoms with Crippen molar-refractivity contribution in [2.75, 3.05) is 24.7 Å². The molecule has 2 nitrogen and oxygen atoms in total. The van der Waals surface area contributed by atoms with Crippen molar-refractivity contribution < 1.29 is 4.74 Å². The molecule has 0 aromatic rings. The fraction of sp³-hybridized carbons (Fsp3) is 1.00. The molecule has 2 fully saturated rings. The zero-order chi connectivity index (χ0) is 12.8. The molecule has 1 aliphatic heterocycles. The van der Waals surface area contributed by atoms with Gasteiger partial charge >= 0.3 is 0 Å². The summed E-state index contributed by atoms with van der Waals surface area (Å²) in [6, 6.07) is 0.705. The van der Waals surface area contributed by atoms with Gasteiger partial charge in [0.25, 0.3) is 0 Å². The normalized spacial score (nSPS) is 28.0. The van der Waals surface area contributed by atoms with Crippen molar-refractivity contribution in [1.82, 2.24) is 5.32 Å². The maximum absolute atomic E-state index is 6.06. The Hall–Kier alpha value is 0.270. The highest BCUT2D eigenvalue weighted by molar-refractivity contribution is 7.99. The molecule has 3 heteroatoms. The van der Waals surface area contributed by atoms with Gasteiger partial charge in [0.15, 0.2) is 0 Å². The van der Waals surface area contributed by atoms with Gasteiger partial charge in [-0.15, -0.1) is 0 Å².